The highest BCUT2D eigenvalue weighted by molar-refractivity contribution is 6.39. The SMILES string of the molecule is Cc1ccccc1Nc1nc2ccc(CC(=O)N3CCCc4cc(CC(NC(=O)c5c(Cl)cccc5Cl)C(=O)O)ccc43)cc2o1. The Morgan fingerprint density at radius 2 is 1.74 bits per heavy atom. The molecule has 0 spiro atoms. The molecule has 0 saturated heterocycles. The Morgan fingerprint density at radius 3 is 2.50 bits per heavy atom. The number of carboxylic acid groups (broad SMARTS) is 1. The highest BCUT2D eigenvalue weighted by Crippen LogP contribution is 2.31. The van der Waals surface area contributed by atoms with Crippen LogP contribution in [0.3, 0.4) is 0 Å². The number of oxazole rings is 1. The summed E-state index contributed by atoms with van der Waals surface area (Å²) in [6.45, 7) is 2.58. The van der Waals surface area contributed by atoms with Crippen LogP contribution in [0.1, 0.15) is 39.0 Å². The number of aryl methyl sites for hydroxylation is 2. The monoisotopic (exact) mass is 656 g/mol. The van der Waals surface area contributed by atoms with Crippen LogP contribution in [-0.2, 0) is 28.9 Å². The smallest absolute Gasteiger partial charge is 0.326 e. The van der Waals surface area contributed by atoms with Crippen molar-refractivity contribution >= 4 is 69.5 Å². The quantitative estimate of drug-likeness (QED) is 0.154. The van der Waals surface area contributed by atoms with E-state index in [0.29, 0.717) is 23.7 Å². The molecule has 1 aliphatic heterocycles. The van der Waals surface area contributed by atoms with Gasteiger partial charge >= 0.3 is 5.97 Å². The highest BCUT2D eigenvalue weighted by Gasteiger charge is 2.26. The van der Waals surface area contributed by atoms with E-state index >= 15 is 0 Å². The molecule has 0 aliphatic carbocycles. The van der Waals surface area contributed by atoms with Crippen molar-refractivity contribution in [3.05, 3.63) is 117 Å². The first kappa shape index (κ1) is 31.1. The lowest BCUT2D eigenvalue weighted by molar-refractivity contribution is -0.139. The molecule has 0 fully saturated rings. The normalized spacial score (nSPS) is 13.2. The number of aliphatic carboxylic acids is 1. The summed E-state index contributed by atoms with van der Waals surface area (Å²) in [5.74, 6) is -1.91. The van der Waals surface area contributed by atoms with Crippen LogP contribution >= 0.6 is 23.2 Å². The predicted octanol–water partition coefficient (Wildman–Crippen LogP) is 7.13. The zero-order valence-corrected chi connectivity index (χ0v) is 26.4. The molecule has 0 saturated carbocycles. The molecule has 2 amide bonds. The number of anilines is 3. The van der Waals surface area contributed by atoms with Crippen molar-refractivity contribution in [2.75, 3.05) is 16.8 Å². The number of para-hydroxylation sites is 1. The Hall–Kier alpha value is -4.86. The van der Waals surface area contributed by atoms with Gasteiger partial charge in [0.2, 0.25) is 5.91 Å². The lowest BCUT2D eigenvalue weighted by Crippen LogP contribution is -2.42. The van der Waals surface area contributed by atoms with E-state index in [1.165, 1.54) is 12.1 Å². The Bertz CT molecular complexity index is 1950. The predicted molar refractivity (Wildman–Crippen MR) is 178 cm³/mol. The molecule has 6 rings (SSSR count). The van der Waals surface area contributed by atoms with Crippen LogP contribution in [0.5, 0.6) is 0 Å². The molecule has 0 radical (unpaired) electrons. The van der Waals surface area contributed by atoms with E-state index in [1.54, 1.807) is 17.0 Å². The van der Waals surface area contributed by atoms with Gasteiger partial charge in [-0.05, 0) is 78.4 Å². The van der Waals surface area contributed by atoms with Crippen LogP contribution in [0.2, 0.25) is 10.0 Å². The number of fused-ring (bicyclic) bond motifs is 2. The Labute approximate surface area is 275 Å². The molecule has 4 aromatic carbocycles. The van der Waals surface area contributed by atoms with Crippen molar-refractivity contribution in [2.45, 2.75) is 38.6 Å². The van der Waals surface area contributed by atoms with E-state index in [0.717, 1.165) is 46.5 Å². The summed E-state index contributed by atoms with van der Waals surface area (Å²) in [4.78, 5) is 44.8. The van der Waals surface area contributed by atoms with Crippen molar-refractivity contribution in [2.24, 2.45) is 0 Å². The van der Waals surface area contributed by atoms with Crippen LogP contribution in [0.4, 0.5) is 17.4 Å². The van der Waals surface area contributed by atoms with E-state index in [-0.39, 0.29) is 34.4 Å². The Balaban J connectivity index is 1.14. The third-order valence-electron chi connectivity index (χ3n) is 7.99. The summed E-state index contributed by atoms with van der Waals surface area (Å²) < 4.78 is 5.95. The largest absolute Gasteiger partial charge is 0.480 e. The van der Waals surface area contributed by atoms with Gasteiger partial charge in [-0.15, -0.1) is 0 Å². The number of halogens is 2. The molecular formula is C35H30Cl2N4O5. The molecule has 1 atom stereocenters. The van der Waals surface area contributed by atoms with Gasteiger partial charge in [-0.1, -0.05) is 65.7 Å². The zero-order chi connectivity index (χ0) is 32.4. The Kier molecular flexibility index (Phi) is 8.96. The molecule has 46 heavy (non-hydrogen) atoms. The Morgan fingerprint density at radius 1 is 0.978 bits per heavy atom. The van der Waals surface area contributed by atoms with Gasteiger partial charge in [-0.2, -0.15) is 4.98 Å². The van der Waals surface area contributed by atoms with Crippen molar-refractivity contribution in [1.82, 2.24) is 10.3 Å². The summed E-state index contributed by atoms with van der Waals surface area (Å²) in [6.07, 6.45) is 1.73. The second kappa shape index (κ2) is 13.2. The van der Waals surface area contributed by atoms with Crippen LogP contribution in [0.25, 0.3) is 11.1 Å². The molecule has 3 N–H and O–H groups in total. The molecule has 1 aromatic heterocycles. The van der Waals surface area contributed by atoms with Crippen molar-refractivity contribution in [1.29, 1.82) is 0 Å². The molecule has 234 valence electrons. The van der Waals surface area contributed by atoms with Crippen LogP contribution in [0.15, 0.2) is 83.3 Å². The number of rotatable bonds is 9. The number of aromatic nitrogens is 1. The lowest BCUT2D eigenvalue weighted by Gasteiger charge is -2.30. The standard InChI is InChI=1S/C35H30Cl2N4O5/c1-20-6-2-3-10-26(20)39-35-40-27-13-11-22(18-30(27)46-35)19-31(42)41-15-5-7-23-16-21(12-14-29(23)41)17-28(34(44)45)38-33(43)32-24(36)8-4-9-25(32)37/h2-4,6,8-14,16,18,28H,5,7,15,17,19H2,1H3,(H,38,43)(H,39,40)(H,44,45). The van der Waals surface area contributed by atoms with Gasteiger partial charge in [0.25, 0.3) is 11.9 Å². The maximum Gasteiger partial charge on any atom is 0.326 e. The number of hydrogen-bond acceptors (Lipinski definition) is 6. The average Bonchev–Trinajstić information content (AvgIpc) is 3.43. The number of nitrogens with one attached hydrogen (secondary N) is 2. The molecule has 0 bridgehead atoms. The molecule has 1 unspecified atom stereocenters. The van der Waals surface area contributed by atoms with E-state index in [4.69, 9.17) is 27.6 Å². The van der Waals surface area contributed by atoms with E-state index in [2.05, 4.69) is 15.6 Å². The van der Waals surface area contributed by atoms with Crippen LogP contribution in [0, 0.1) is 6.92 Å². The molecule has 2 heterocycles. The number of amides is 2. The second-order valence-electron chi connectivity index (χ2n) is 11.2. The highest BCUT2D eigenvalue weighted by atomic mass is 35.5. The van der Waals surface area contributed by atoms with Gasteiger partial charge in [0.05, 0.1) is 22.0 Å². The third kappa shape index (κ3) is 6.71. The molecule has 9 nitrogen and oxygen atoms in total. The van der Waals surface area contributed by atoms with Gasteiger partial charge in [0, 0.05) is 24.3 Å². The van der Waals surface area contributed by atoms with Gasteiger partial charge < -0.3 is 25.1 Å². The number of carbonyl (C=O) groups is 3. The topological polar surface area (TPSA) is 125 Å². The maximum atomic E-state index is 13.5. The fourth-order valence-corrected chi connectivity index (χ4v) is 6.22. The summed E-state index contributed by atoms with van der Waals surface area (Å²) >= 11 is 12.3. The number of nitrogens with zero attached hydrogens (tertiary/aromatic N) is 2. The van der Waals surface area contributed by atoms with E-state index < -0.39 is 17.9 Å². The maximum absolute atomic E-state index is 13.5. The summed E-state index contributed by atoms with van der Waals surface area (Å²) in [6, 6.07) is 22.8. The minimum absolute atomic E-state index is 0.0264. The van der Waals surface area contributed by atoms with E-state index in [9.17, 15) is 19.5 Å². The number of hydrogen-bond donors (Lipinski definition) is 3. The molecule has 5 aromatic rings. The summed E-state index contributed by atoms with van der Waals surface area (Å²) in [7, 11) is 0. The van der Waals surface area contributed by atoms with Gasteiger partial charge in [-0.3, -0.25) is 9.59 Å². The fraction of sp³-hybridized carbons (Fsp3) is 0.200. The average molecular weight is 658 g/mol. The lowest BCUT2D eigenvalue weighted by atomic mass is 9.95. The number of carboxylic acids is 1. The van der Waals surface area contributed by atoms with Crippen LogP contribution < -0.4 is 15.5 Å². The first-order valence-electron chi connectivity index (χ1n) is 14.8. The fourth-order valence-electron chi connectivity index (χ4n) is 5.65. The third-order valence-corrected chi connectivity index (χ3v) is 8.62. The van der Waals surface area contributed by atoms with Gasteiger partial charge in [-0.25, -0.2) is 4.79 Å². The molecule has 11 heteroatoms. The van der Waals surface area contributed by atoms with Crippen molar-refractivity contribution in [3.63, 3.8) is 0 Å². The second-order valence-corrected chi connectivity index (χ2v) is 12.0. The molecular weight excluding hydrogens is 627 g/mol. The van der Waals surface area contributed by atoms with Gasteiger partial charge in [0.1, 0.15) is 11.6 Å². The minimum Gasteiger partial charge on any atom is -0.480 e. The summed E-state index contributed by atoms with van der Waals surface area (Å²) in [5.41, 5.74) is 6.53. The van der Waals surface area contributed by atoms with Crippen molar-refractivity contribution in [3.8, 4) is 0 Å². The minimum atomic E-state index is -1.21. The zero-order valence-electron chi connectivity index (χ0n) is 24.8. The first-order valence-corrected chi connectivity index (χ1v) is 15.5. The van der Waals surface area contributed by atoms with Crippen LogP contribution in [-0.4, -0.2) is 40.5 Å². The number of carbonyl (C=O) groups excluding carboxylic acids is 2. The van der Waals surface area contributed by atoms with Gasteiger partial charge in [0.15, 0.2) is 5.58 Å². The number of benzene rings is 4. The molecule has 1 aliphatic rings. The van der Waals surface area contributed by atoms with E-state index in [1.807, 2.05) is 61.5 Å². The summed E-state index contributed by atoms with van der Waals surface area (Å²) in [5, 5.41) is 15.9. The van der Waals surface area contributed by atoms with Crippen molar-refractivity contribution < 1.29 is 23.9 Å². The first-order chi connectivity index (χ1) is 22.2.